The van der Waals surface area contributed by atoms with Crippen molar-refractivity contribution in [3.05, 3.63) is 29.6 Å². The highest BCUT2D eigenvalue weighted by atomic mass is 14.9. The SMILES string of the molecule is CCC1CCC(CNC(C)C)C(c2ccc(C)nc2)C1. The van der Waals surface area contributed by atoms with Gasteiger partial charge in [-0.25, -0.2) is 0 Å². The van der Waals surface area contributed by atoms with E-state index in [1.54, 1.807) is 0 Å². The summed E-state index contributed by atoms with van der Waals surface area (Å²) in [4.78, 5) is 4.51. The molecule has 2 heteroatoms. The molecule has 2 rings (SSSR count). The zero-order chi connectivity index (χ0) is 14.5. The molecule has 1 aromatic heterocycles. The number of aryl methyl sites for hydroxylation is 1. The van der Waals surface area contributed by atoms with E-state index < -0.39 is 0 Å². The van der Waals surface area contributed by atoms with Crippen LogP contribution in [0.25, 0.3) is 0 Å². The molecule has 20 heavy (non-hydrogen) atoms. The van der Waals surface area contributed by atoms with Gasteiger partial charge in [0.15, 0.2) is 0 Å². The fourth-order valence-corrected chi connectivity index (χ4v) is 3.43. The summed E-state index contributed by atoms with van der Waals surface area (Å²) in [6.07, 6.45) is 7.53. The summed E-state index contributed by atoms with van der Waals surface area (Å²) >= 11 is 0. The van der Waals surface area contributed by atoms with E-state index in [2.05, 4.69) is 56.3 Å². The average Bonchev–Trinajstić information content (AvgIpc) is 2.45. The molecule has 0 radical (unpaired) electrons. The first-order valence-electron chi connectivity index (χ1n) is 8.26. The highest BCUT2D eigenvalue weighted by Gasteiger charge is 2.30. The number of pyridine rings is 1. The number of rotatable bonds is 5. The van der Waals surface area contributed by atoms with Crippen molar-refractivity contribution in [2.75, 3.05) is 6.54 Å². The lowest BCUT2D eigenvalue weighted by Crippen LogP contribution is -2.35. The molecule has 0 saturated heterocycles. The van der Waals surface area contributed by atoms with Crippen molar-refractivity contribution in [3.63, 3.8) is 0 Å². The van der Waals surface area contributed by atoms with Crippen LogP contribution in [0.2, 0.25) is 0 Å². The molecule has 1 fully saturated rings. The lowest BCUT2D eigenvalue weighted by Gasteiger charge is -2.36. The third-order valence-electron chi connectivity index (χ3n) is 4.83. The van der Waals surface area contributed by atoms with E-state index in [4.69, 9.17) is 0 Å². The van der Waals surface area contributed by atoms with Crippen molar-refractivity contribution in [1.82, 2.24) is 10.3 Å². The van der Waals surface area contributed by atoms with Crippen molar-refractivity contribution < 1.29 is 0 Å². The zero-order valence-corrected chi connectivity index (χ0v) is 13.5. The number of nitrogens with one attached hydrogen (secondary N) is 1. The normalized spacial score (nSPS) is 26.9. The quantitative estimate of drug-likeness (QED) is 0.866. The number of aromatic nitrogens is 1. The summed E-state index contributed by atoms with van der Waals surface area (Å²) in [7, 11) is 0. The van der Waals surface area contributed by atoms with Crippen molar-refractivity contribution in [2.24, 2.45) is 11.8 Å². The minimum Gasteiger partial charge on any atom is -0.314 e. The zero-order valence-electron chi connectivity index (χ0n) is 13.5. The van der Waals surface area contributed by atoms with Gasteiger partial charge in [0.1, 0.15) is 0 Å². The molecule has 1 N–H and O–H groups in total. The van der Waals surface area contributed by atoms with Crippen LogP contribution in [0.1, 0.15) is 63.6 Å². The van der Waals surface area contributed by atoms with E-state index in [1.165, 1.54) is 31.2 Å². The molecule has 3 atom stereocenters. The fraction of sp³-hybridized carbons (Fsp3) is 0.722. The molecule has 1 aromatic rings. The maximum absolute atomic E-state index is 4.51. The summed E-state index contributed by atoms with van der Waals surface area (Å²) in [5, 5.41) is 3.64. The Balaban J connectivity index is 2.10. The van der Waals surface area contributed by atoms with Gasteiger partial charge in [0.05, 0.1) is 0 Å². The third-order valence-corrected chi connectivity index (χ3v) is 4.83. The van der Waals surface area contributed by atoms with Gasteiger partial charge < -0.3 is 5.32 Å². The smallest absolute Gasteiger partial charge is 0.0372 e. The van der Waals surface area contributed by atoms with Gasteiger partial charge in [0.2, 0.25) is 0 Å². The predicted octanol–water partition coefficient (Wildman–Crippen LogP) is 4.30. The lowest BCUT2D eigenvalue weighted by molar-refractivity contribution is 0.222. The average molecular weight is 274 g/mol. The second kappa shape index (κ2) is 7.21. The first-order chi connectivity index (χ1) is 9.60. The van der Waals surface area contributed by atoms with Crippen molar-refractivity contribution >= 4 is 0 Å². The summed E-state index contributed by atoms with van der Waals surface area (Å²) in [5.74, 6) is 2.36. The largest absolute Gasteiger partial charge is 0.314 e. The molecular formula is C18H30N2. The van der Waals surface area contributed by atoms with Crippen LogP contribution in [0.4, 0.5) is 0 Å². The van der Waals surface area contributed by atoms with Gasteiger partial charge >= 0.3 is 0 Å². The topological polar surface area (TPSA) is 24.9 Å². The second-order valence-electron chi connectivity index (χ2n) is 6.75. The van der Waals surface area contributed by atoms with Crippen LogP contribution in [-0.4, -0.2) is 17.6 Å². The molecule has 0 aromatic carbocycles. The minimum absolute atomic E-state index is 0.579. The first-order valence-corrected chi connectivity index (χ1v) is 8.26. The molecule has 0 spiro atoms. The Bertz CT molecular complexity index is 396. The summed E-state index contributed by atoms with van der Waals surface area (Å²) in [6.45, 7) is 10.0. The maximum Gasteiger partial charge on any atom is 0.0372 e. The van der Waals surface area contributed by atoms with Crippen LogP contribution in [0.15, 0.2) is 18.3 Å². The van der Waals surface area contributed by atoms with Gasteiger partial charge in [-0.15, -0.1) is 0 Å². The Morgan fingerprint density at radius 3 is 2.70 bits per heavy atom. The summed E-state index contributed by atoms with van der Waals surface area (Å²) < 4.78 is 0. The van der Waals surface area contributed by atoms with Crippen LogP contribution >= 0.6 is 0 Å². The van der Waals surface area contributed by atoms with Crippen LogP contribution in [0, 0.1) is 18.8 Å². The standard InChI is InChI=1S/C18H30N2/c1-5-15-7-9-17(11-19-13(2)3)18(10-15)16-8-6-14(4)20-12-16/h6,8,12-13,15,17-19H,5,7,9-11H2,1-4H3. The molecule has 112 valence electrons. The van der Waals surface area contributed by atoms with E-state index in [0.717, 1.165) is 24.1 Å². The Morgan fingerprint density at radius 1 is 1.30 bits per heavy atom. The Kier molecular flexibility index (Phi) is 5.59. The second-order valence-corrected chi connectivity index (χ2v) is 6.75. The first kappa shape index (κ1) is 15.5. The van der Waals surface area contributed by atoms with E-state index >= 15 is 0 Å². The summed E-state index contributed by atoms with van der Waals surface area (Å²) in [6, 6.07) is 5.04. The van der Waals surface area contributed by atoms with Crippen LogP contribution in [0.5, 0.6) is 0 Å². The summed E-state index contributed by atoms with van der Waals surface area (Å²) in [5.41, 5.74) is 2.57. The van der Waals surface area contributed by atoms with Gasteiger partial charge in [0.25, 0.3) is 0 Å². The highest BCUT2D eigenvalue weighted by Crippen LogP contribution is 2.41. The van der Waals surface area contributed by atoms with Crippen LogP contribution < -0.4 is 5.32 Å². The Labute approximate surface area is 124 Å². The number of hydrogen-bond acceptors (Lipinski definition) is 2. The van der Waals surface area contributed by atoms with Gasteiger partial charge in [-0.2, -0.15) is 0 Å². The molecular weight excluding hydrogens is 244 g/mol. The Morgan fingerprint density at radius 2 is 2.10 bits per heavy atom. The van der Waals surface area contributed by atoms with Gasteiger partial charge in [0, 0.05) is 17.9 Å². The van der Waals surface area contributed by atoms with Gasteiger partial charge in [-0.3, -0.25) is 4.98 Å². The van der Waals surface area contributed by atoms with Crippen LogP contribution in [-0.2, 0) is 0 Å². The molecule has 1 aliphatic carbocycles. The number of hydrogen-bond donors (Lipinski definition) is 1. The molecule has 2 nitrogen and oxygen atoms in total. The lowest BCUT2D eigenvalue weighted by atomic mass is 9.70. The highest BCUT2D eigenvalue weighted by molar-refractivity contribution is 5.19. The molecule has 1 aliphatic rings. The minimum atomic E-state index is 0.579. The van der Waals surface area contributed by atoms with Crippen LogP contribution in [0.3, 0.4) is 0 Å². The molecule has 3 unspecified atom stereocenters. The molecule has 1 heterocycles. The third kappa shape index (κ3) is 4.05. The fourth-order valence-electron chi connectivity index (χ4n) is 3.43. The Hall–Kier alpha value is -0.890. The molecule has 1 saturated carbocycles. The predicted molar refractivity (Wildman–Crippen MR) is 86.0 cm³/mol. The van der Waals surface area contributed by atoms with E-state index in [9.17, 15) is 0 Å². The molecule has 0 amide bonds. The van der Waals surface area contributed by atoms with Crippen molar-refractivity contribution in [3.8, 4) is 0 Å². The van der Waals surface area contributed by atoms with E-state index in [-0.39, 0.29) is 0 Å². The molecule has 0 aliphatic heterocycles. The molecule has 0 bridgehead atoms. The van der Waals surface area contributed by atoms with E-state index in [0.29, 0.717) is 12.0 Å². The van der Waals surface area contributed by atoms with E-state index in [1.807, 2.05) is 0 Å². The monoisotopic (exact) mass is 274 g/mol. The van der Waals surface area contributed by atoms with Crippen molar-refractivity contribution in [1.29, 1.82) is 0 Å². The van der Waals surface area contributed by atoms with Gasteiger partial charge in [-0.05, 0) is 55.7 Å². The number of nitrogens with zero attached hydrogens (tertiary/aromatic N) is 1. The van der Waals surface area contributed by atoms with Gasteiger partial charge in [-0.1, -0.05) is 39.7 Å². The van der Waals surface area contributed by atoms with Crippen molar-refractivity contribution in [2.45, 2.75) is 65.3 Å². The maximum atomic E-state index is 4.51.